The minimum Gasteiger partial charge on any atom is -0.319 e. The number of aryl methyl sites for hydroxylation is 1. The first-order valence-corrected chi connectivity index (χ1v) is 8.25. The van der Waals surface area contributed by atoms with Gasteiger partial charge in [0, 0.05) is 10.3 Å². The second-order valence-electron chi connectivity index (χ2n) is 5.02. The van der Waals surface area contributed by atoms with E-state index in [2.05, 4.69) is 24.4 Å². The second-order valence-corrected chi connectivity index (χ2v) is 7.05. The summed E-state index contributed by atoms with van der Waals surface area (Å²) in [5.74, 6) is 0. The van der Waals surface area contributed by atoms with E-state index < -0.39 is 0 Å². The Kier molecular flexibility index (Phi) is 3.26. The van der Waals surface area contributed by atoms with E-state index in [0.29, 0.717) is 0 Å². The van der Waals surface area contributed by atoms with Crippen LogP contribution in [0.1, 0.15) is 42.5 Å². The summed E-state index contributed by atoms with van der Waals surface area (Å²) in [5.41, 5.74) is 7.42. The molecule has 1 aliphatic carbocycles. The Morgan fingerprint density at radius 2 is 2.11 bits per heavy atom. The highest BCUT2D eigenvalue weighted by Crippen LogP contribution is 2.39. The fraction of sp³-hybridized carbons (Fsp3) is 0.500. The Morgan fingerprint density at radius 1 is 1.33 bits per heavy atom. The van der Waals surface area contributed by atoms with E-state index in [1.54, 1.807) is 11.3 Å². The smallest absolute Gasteiger partial charge is 0.113 e. The van der Waals surface area contributed by atoms with Crippen LogP contribution in [0.5, 0.6) is 0 Å². The van der Waals surface area contributed by atoms with Gasteiger partial charge in [-0.3, -0.25) is 0 Å². The lowest BCUT2D eigenvalue weighted by Gasteiger charge is -2.19. The molecule has 0 aliphatic heterocycles. The van der Waals surface area contributed by atoms with Crippen LogP contribution < -0.4 is 5.73 Å². The SMILES string of the molecule is CCc1ccc(-c2csc(C3(N)CCCC3)n2)s1. The van der Waals surface area contributed by atoms with Crippen LogP contribution in [-0.4, -0.2) is 4.98 Å². The molecule has 1 aliphatic rings. The number of hydrogen-bond acceptors (Lipinski definition) is 4. The van der Waals surface area contributed by atoms with E-state index >= 15 is 0 Å². The molecule has 4 heteroatoms. The largest absolute Gasteiger partial charge is 0.319 e. The van der Waals surface area contributed by atoms with Gasteiger partial charge in [0.05, 0.1) is 16.1 Å². The van der Waals surface area contributed by atoms with Gasteiger partial charge in [0.25, 0.3) is 0 Å². The Morgan fingerprint density at radius 3 is 2.78 bits per heavy atom. The molecule has 0 amide bonds. The summed E-state index contributed by atoms with van der Waals surface area (Å²) in [6.07, 6.45) is 5.76. The third-order valence-corrected chi connectivity index (χ3v) is 6.00. The van der Waals surface area contributed by atoms with E-state index in [1.165, 1.54) is 22.6 Å². The molecule has 0 aromatic carbocycles. The Balaban J connectivity index is 1.89. The van der Waals surface area contributed by atoms with E-state index in [4.69, 9.17) is 10.7 Å². The molecule has 1 fully saturated rings. The summed E-state index contributed by atoms with van der Waals surface area (Å²) in [6.45, 7) is 2.19. The molecular formula is C14H18N2S2. The van der Waals surface area contributed by atoms with E-state index in [0.717, 1.165) is 30.0 Å². The first-order valence-electron chi connectivity index (χ1n) is 6.55. The molecular weight excluding hydrogens is 260 g/mol. The third kappa shape index (κ3) is 2.13. The first-order chi connectivity index (χ1) is 8.71. The van der Waals surface area contributed by atoms with E-state index in [-0.39, 0.29) is 5.54 Å². The van der Waals surface area contributed by atoms with Gasteiger partial charge in [-0.25, -0.2) is 4.98 Å². The van der Waals surface area contributed by atoms with Crippen molar-refractivity contribution in [2.45, 2.75) is 44.6 Å². The molecule has 2 aromatic heterocycles. The van der Waals surface area contributed by atoms with Crippen molar-refractivity contribution in [2.75, 3.05) is 0 Å². The van der Waals surface area contributed by atoms with Crippen molar-refractivity contribution >= 4 is 22.7 Å². The van der Waals surface area contributed by atoms with Crippen LogP contribution in [0.15, 0.2) is 17.5 Å². The molecule has 0 radical (unpaired) electrons. The Bertz CT molecular complexity index is 535. The monoisotopic (exact) mass is 278 g/mol. The van der Waals surface area contributed by atoms with Gasteiger partial charge in [0.2, 0.25) is 0 Å². The number of rotatable bonds is 3. The van der Waals surface area contributed by atoms with Gasteiger partial charge in [0.15, 0.2) is 0 Å². The van der Waals surface area contributed by atoms with Gasteiger partial charge in [0.1, 0.15) is 5.01 Å². The van der Waals surface area contributed by atoms with Gasteiger partial charge < -0.3 is 5.73 Å². The van der Waals surface area contributed by atoms with Crippen molar-refractivity contribution in [3.05, 3.63) is 27.4 Å². The van der Waals surface area contributed by atoms with Crippen LogP contribution in [0.25, 0.3) is 10.6 Å². The summed E-state index contributed by atoms with van der Waals surface area (Å²) in [5, 5.41) is 3.29. The highest BCUT2D eigenvalue weighted by atomic mass is 32.1. The van der Waals surface area contributed by atoms with Crippen LogP contribution in [0.2, 0.25) is 0 Å². The number of nitrogens with two attached hydrogens (primary N) is 1. The van der Waals surface area contributed by atoms with Gasteiger partial charge in [-0.15, -0.1) is 22.7 Å². The number of aromatic nitrogens is 1. The minimum absolute atomic E-state index is 0.145. The van der Waals surface area contributed by atoms with Crippen molar-refractivity contribution in [3.8, 4) is 10.6 Å². The zero-order chi connectivity index (χ0) is 12.6. The molecule has 0 spiro atoms. The molecule has 2 nitrogen and oxygen atoms in total. The molecule has 2 heterocycles. The van der Waals surface area contributed by atoms with Gasteiger partial charge >= 0.3 is 0 Å². The van der Waals surface area contributed by atoms with Crippen molar-refractivity contribution < 1.29 is 0 Å². The van der Waals surface area contributed by atoms with E-state index in [1.807, 2.05) is 11.3 Å². The van der Waals surface area contributed by atoms with Crippen molar-refractivity contribution in [3.63, 3.8) is 0 Å². The molecule has 2 aromatic rings. The summed E-state index contributed by atoms with van der Waals surface area (Å²) < 4.78 is 0. The van der Waals surface area contributed by atoms with Crippen LogP contribution in [0.4, 0.5) is 0 Å². The Hall–Kier alpha value is -0.710. The maximum absolute atomic E-state index is 6.45. The van der Waals surface area contributed by atoms with Crippen LogP contribution in [0.3, 0.4) is 0 Å². The summed E-state index contributed by atoms with van der Waals surface area (Å²) >= 11 is 3.57. The topological polar surface area (TPSA) is 38.9 Å². The first kappa shape index (κ1) is 12.3. The average molecular weight is 278 g/mol. The van der Waals surface area contributed by atoms with E-state index in [9.17, 15) is 0 Å². The zero-order valence-electron chi connectivity index (χ0n) is 10.6. The van der Waals surface area contributed by atoms with Crippen LogP contribution >= 0.6 is 22.7 Å². The molecule has 96 valence electrons. The predicted molar refractivity (Wildman–Crippen MR) is 79.1 cm³/mol. The molecule has 0 bridgehead atoms. The maximum atomic E-state index is 6.45. The number of nitrogens with zero attached hydrogens (tertiary/aromatic N) is 1. The van der Waals surface area contributed by atoms with Crippen molar-refractivity contribution in [2.24, 2.45) is 5.73 Å². The van der Waals surface area contributed by atoms with Gasteiger partial charge in [-0.05, 0) is 31.4 Å². The second kappa shape index (κ2) is 4.76. The summed E-state index contributed by atoms with van der Waals surface area (Å²) in [7, 11) is 0. The van der Waals surface area contributed by atoms with Crippen molar-refractivity contribution in [1.29, 1.82) is 0 Å². The van der Waals surface area contributed by atoms with Crippen molar-refractivity contribution in [1.82, 2.24) is 4.98 Å². The lowest BCUT2D eigenvalue weighted by Crippen LogP contribution is -2.32. The molecule has 2 N–H and O–H groups in total. The lowest BCUT2D eigenvalue weighted by molar-refractivity contribution is 0.459. The fourth-order valence-corrected chi connectivity index (χ4v) is 4.52. The van der Waals surface area contributed by atoms with Gasteiger partial charge in [-0.1, -0.05) is 19.8 Å². The normalized spacial score (nSPS) is 18.3. The maximum Gasteiger partial charge on any atom is 0.113 e. The lowest BCUT2D eigenvalue weighted by atomic mass is 10.0. The van der Waals surface area contributed by atoms with Crippen LogP contribution in [0, 0.1) is 0 Å². The zero-order valence-corrected chi connectivity index (χ0v) is 12.2. The van der Waals surface area contributed by atoms with Gasteiger partial charge in [-0.2, -0.15) is 0 Å². The molecule has 0 saturated heterocycles. The molecule has 3 rings (SSSR count). The molecule has 0 unspecified atom stereocenters. The third-order valence-electron chi connectivity index (χ3n) is 3.69. The number of hydrogen-bond donors (Lipinski definition) is 1. The summed E-state index contributed by atoms with van der Waals surface area (Å²) in [6, 6.07) is 4.38. The fourth-order valence-electron chi connectivity index (χ4n) is 2.54. The molecule has 18 heavy (non-hydrogen) atoms. The number of thiophene rings is 1. The number of thiazole rings is 1. The quantitative estimate of drug-likeness (QED) is 0.915. The standard InChI is InChI=1S/C14H18N2S2/c1-2-10-5-6-12(18-10)11-9-17-13(16-11)14(15)7-3-4-8-14/h5-6,9H,2-4,7-8,15H2,1H3. The average Bonchev–Trinajstić information content (AvgIpc) is 3.08. The summed E-state index contributed by atoms with van der Waals surface area (Å²) in [4.78, 5) is 7.48. The highest BCUT2D eigenvalue weighted by molar-refractivity contribution is 7.16. The Labute approximate surface area is 116 Å². The highest BCUT2D eigenvalue weighted by Gasteiger charge is 2.34. The predicted octanol–water partition coefficient (Wildman–Crippen LogP) is 4.16. The minimum atomic E-state index is -0.145. The van der Waals surface area contributed by atoms with Crippen LogP contribution in [-0.2, 0) is 12.0 Å². The molecule has 0 atom stereocenters. The molecule has 1 saturated carbocycles.